The number of benzene rings is 2. The number of nitrogens with one attached hydrogen (secondary N) is 1. The molecule has 0 saturated heterocycles. The van der Waals surface area contributed by atoms with E-state index in [-0.39, 0.29) is 17.6 Å². The van der Waals surface area contributed by atoms with Gasteiger partial charge in [0.2, 0.25) is 0 Å². The molecule has 3 aliphatic rings. The summed E-state index contributed by atoms with van der Waals surface area (Å²) >= 11 is 0. The summed E-state index contributed by atoms with van der Waals surface area (Å²) in [5, 5.41) is 3.49. The number of anilines is 2. The molecule has 0 unspecified atom stereocenters. The third-order valence-electron chi connectivity index (χ3n) is 6.14. The van der Waals surface area contributed by atoms with Crippen molar-refractivity contribution < 1.29 is 14.0 Å². The largest absolute Gasteiger partial charge is 0.469 e. The Morgan fingerprint density at radius 2 is 1.76 bits per heavy atom. The standard InChI is InChI=1S/C24H18N2O3/c27-20-13-14(21-10-5-11-29-21)12-18-22(20)23-15-6-1-2-7-16(15)24(28)26(23)19-9-4-3-8-17(19)25-18/h1-11,14,23,25H,12-13H2/t14-,23-/m1/s1. The van der Waals surface area contributed by atoms with E-state index in [2.05, 4.69) is 5.32 Å². The van der Waals surface area contributed by atoms with Gasteiger partial charge in [-0.1, -0.05) is 30.3 Å². The minimum Gasteiger partial charge on any atom is -0.469 e. The molecule has 5 nitrogen and oxygen atoms in total. The highest BCUT2D eigenvalue weighted by molar-refractivity contribution is 6.16. The number of hydrogen-bond donors (Lipinski definition) is 1. The summed E-state index contributed by atoms with van der Waals surface area (Å²) in [7, 11) is 0. The van der Waals surface area contributed by atoms with E-state index < -0.39 is 6.04 Å². The third-order valence-corrected chi connectivity index (χ3v) is 6.14. The van der Waals surface area contributed by atoms with Crippen molar-refractivity contribution in [1.82, 2.24) is 0 Å². The lowest BCUT2D eigenvalue weighted by Crippen LogP contribution is -2.32. The highest BCUT2D eigenvalue weighted by atomic mass is 16.3. The number of carbonyl (C=O) groups is 2. The lowest BCUT2D eigenvalue weighted by atomic mass is 9.80. The van der Waals surface area contributed by atoms with Crippen molar-refractivity contribution in [3.8, 4) is 0 Å². The molecule has 3 aromatic rings. The quantitative estimate of drug-likeness (QED) is 0.656. The molecule has 0 fully saturated rings. The first-order valence-electron chi connectivity index (χ1n) is 9.80. The van der Waals surface area contributed by atoms with Crippen LogP contribution in [0.15, 0.2) is 82.6 Å². The number of hydrogen-bond acceptors (Lipinski definition) is 4. The topological polar surface area (TPSA) is 62.6 Å². The summed E-state index contributed by atoms with van der Waals surface area (Å²) in [6.07, 6.45) is 2.70. The van der Waals surface area contributed by atoms with Crippen LogP contribution in [0, 0.1) is 0 Å². The van der Waals surface area contributed by atoms with Crippen LogP contribution in [0.4, 0.5) is 11.4 Å². The van der Waals surface area contributed by atoms with Gasteiger partial charge in [-0.15, -0.1) is 0 Å². The minimum absolute atomic E-state index is 0.00480. The third kappa shape index (κ3) is 2.27. The van der Waals surface area contributed by atoms with Crippen molar-refractivity contribution in [3.63, 3.8) is 0 Å². The fourth-order valence-electron chi connectivity index (χ4n) is 4.89. The molecule has 0 saturated carbocycles. The van der Waals surface area contributed by atoms with Gasteiger partial charge in [-0.2, -0.15) is 0 Å². The number of rotatable bonds is 1. The average Bonchev–Trinajstić information content (AvgIpc) is 3.33. The lowest BCUT2D eigenvalue weighted by Gasteiger charge is -2.30. The second kappa shape index (κ2) is 5.95. The van der Waals surface area contributed by atoms with E-state index in [9.17, 15) is 9.59 Å². The molecule has 6 rings (SSSR count). The molecule has 1 N–H and O–H groups in total. The van der Waals surface area contributed by atoms with Crippen molar-refractivity contribution in [2.75, 3.05) is 10.2 Å². The fraction of sp³-hybridized carbons (Fsp3) is 0.167. The van der Waals surface area contributed by atoms with Crippen molar-refractivity contribution in [1.29, 1.82) is 0 Å². The zero-order valence-electron chi connectivity index (χ0n) is 15.6. The molecular weight excluding hydrogens is 364 g/mol. The second-order valence-corrected chi connectivity index (χ2v) is 7.74. The van der Waals surface area contributed by atoms with Gasteiger partial charge in [-0.25, -0.2) is 0 Å². The Bertz CT molecular complexity index is 1190. The Morgan fingerprint density at radius 1 is 0.931 bits per heavy atom. The molecular formula is C24H18N2O3. The summed E-state index contributed by atoms with van der Waals surface area (Å²) < 4.78 is 5.59. The molecule has 2 atom stereocenters. The van der Waals surface area contributed by atoms with E-state index in [0.717, 1.165) is 28.4 Å². The van der Waals surface area contributed by atoms with E-state index >= 15 is 0 Å². The van der Waals surface area contributed by atoms with Crippen LogP contribution in [-0.4, -0.2) is 11.7 Å². The van der Waals surface area contributed by atoms with Gasteiger partial charge in [0.15, 0.2) is 5.78 Å². The van der Waals surface area contributed by atoms with E-state index in [4.69, 9.17) is 4.42 Å². The molecule has 1 aliphatic carbocycles. The number of amides is 1. The van der Waals surface area contributed by atoms with Crippen LogP contribution >= 0.6 is 0 Å². The van der Waals surface area contributed by atoms with Crippen molar-refractivity contribution >= 4 is 23.1 Å². The monoisotopic (exact) mass is 382 g/mol. The zero-order valence-corrected chi connectivity index (χ0v) is 15.6. The predicted octanol–water partition coefficient (Wildman–Crippen LogP) is 4.81. The summed E-state index contributed by atoms with van der Waals surface area (Å²) in [6, 6.07) is 18.8. The summed E-state index contributed by atoms with van der Waals surface area (Å²) in [6.45, 7) is 0. The van der Waals surface area contributed by atoms with Crippen LogP contribution in [0.3, 0.4) is 0 Å². The number of furan rings is 1. The summed E-state index contributed by atoms with van der Waals surface area (Å²) in [5.74, 6) is 0.820. The van der Waals surface area contributed by atoms with E-state index in [1.807, 2.05) is 60.7 Å². The Kier molecular flexibility index (Phi) is 3.36. The van der Waals surface area contributed by atoms with Gasteiger partial charge in [-0.3, -0.25) is 14.5 Å². The SMILES string of the molecule is O=C1C[C@H](c2ccco2)CC2=C1[C@H]1c3ccccc3C(=O)N1c1ccccc1N2. The van der Waals surface area contributed by atoms with Crippen LogP contribution in [0.25, 0.3) is 0 Å². The maximum atomic E-state index is 13.4. The van der Waals surface area contributed by atoms with Gasteiger partial charge < -0.3 is 9.73 Å². The van der Waals surface area contributed by atoms with Crippen LogP contribution < -0.4 is 10.2 Å². The van der Waals surface area contributed by atoms with Crippen molar-refractivity contribution in [2.24, 2.45) is 0 Å². The van der Waals surface area contributed by atoms with Gasteiger partial charge in [0, 0.05) is 29.2 Å². The highest BCUT2D eigenvalue weighted by Gasteiger charge is 2.46. The number of para-hydroxylation sites is 2. The molecule has 29 heavy (non-hydrogen) atoms. The Balaban J connectivity index is 1.57. The van der Waals surface area contributed by atoms with Gasteiger partial charge in [0.25, 0.3) is 5.91 Å². The van der Waals surface area contributed by atoms with Crippen LogP contribution in [-0.2, 0) is 4.79 Å². The molecule has 1 amide bonds. The summed E-state index contributed by atoms with van der Waals surface area (Å²) in [5.41, 5.74) is 4.79. The van der Waals surface area contributed by atoms with Crippen molar-refractivity contribution in [3.05, 3.63) is 95.1 Å². The van der Waals surface area contributed by atoms with E-state index in [1.54, 1.807) is 11.2 Å². The van der Waals surface area contributed by atoms with Crippen molar-refractivity contribution in [2.45, 2.75) is 24.8 Å². The number of ketones is 1. The van der Waals surface area contributed by atoms with Crippen LogP contribution in [0.1, 0.15) is 46.5 Å². The lowest BCUT2D eigenvalue weighted by molar-refractivity contribution is -0.116. The molecule has 2 aromatic carbocycles. The Hall–Kier alpha value is -3.60. The Morgan fingerprint density at radius 3 is 2.62 bits per heavy atom. The summed E-state index contributed by atoms with van der Waals surface area (Å²) in [4.78, 5) is 28.5. The maximum Gasteiger partial charge on any atom is 0.259 e. The molecule has 142 valence electrons. The predicted molar refractivity (Wildman–Crippen MR) is 109 cm³/mol. The van der Waals surface area contributed by atoms with Crippen LogP contribution in [0.2, 0.25) is 0 Å². The molecule has 0 radical (unpaired) electrons. The van der Waals surface area contributed by atoms with Gasteiger partial charge in [0.05, 0.1) is 23.7 Å². The fourth-order valence-corrected chi connectivity index (χ4v) is 4.89. The van der Waals surface area contributed by atoms with E-state index in [0.29, 0.717) is 24.0 Å². The highest BCUT2D eigenvalue weighted by Crippen LogP contribution is 2.50. The van der Waals surface area contributed by atoms with Gasteiger partial charge in [-0.05, 0) is 42.3 Å². The van der Waals surface area contributed by atoms with Gasteiger partial charge >= 0.3 is 0 Å². The number of allylic oxidation sites excluding steroid dienone is 1. The molecule has 0 spiro atoms. The number of nitrogens with zero attached hydrogens (tertiary/aromatic N) is 1. The minimum atomic E-state index is -0.394. The number of carbonyl (C=O) groups excluding carboxylic acids is 2. The molecule has 3 heterocycles. The molecule has 5 heteroatoms. The first kappa shape index (κ1) is 16.4. The molecule has 1 aromatic heterocycles. The smallest absolute Gasteiger partial charge is 0.259 e. The average molecular weight is 382 g/mol. The normalized spacial score (nSPS) is 22.4. The first-order valence-corrected chi connectivity index (χ1v) is 9.80. The van der Waals surface area contributed by atoms with Gasteiger partial charge in [0.1, 0.15) is 5.76 Å². The molecule has 0 bridgehead atoms. The second-order valence-electron chi connectivity index (χ2n) is 7.74. The van der Waals surface area contributed by atoms with Crippen LogP contribution in [0.5, 0.6) is 0 Å². The number of fused-ring (bicyclic) bond motifs is 6. The maximum absolute atomic E-state index is 13.4. The first-order chi connectivity index (χ1) is 14.2. The number of Topliss-reactive ketones (excluding diaryl/α,β-unsaturated/α-hetero) is 1. The Labute approximate surface area is 167 Å². The van der Waals surface area contributed by atoms with E-state index in [1.165, 1.54) is 0 Å². The molecule has 2 aliphatic heterocycles. The zero-order chi connectivity index (χ0) is 19.5.